The van der Waals surface area contributed by atoms with Gasteiger partial charge >= 0.3 is 0 Å². The first-order chi connectivity index (χ1) is 8.52. The molecule has 0 saturated heterocycles. The number of aliphatic hydroxyl groups is 1. The molecule has 1 N–H and O–H groups in total. The Balaban J connectivity index is 1.96. The van der Waals surface area contributed by atoms with E-state index in [9.17, 15) is 9.90 Å². The zero-order valence-corrected chi connectivity index (χ0v) is 11.1. The maximum Gasteiger partial charge on any atom is 0.225 e. The molecular weight excluding hydrogens is 230 g/mol. The fourth-order valence-corrected chi connectivity index (χ4v) is 2.55. The number of carbonyl (C=O) groups excluding carboxylic acids is 1. The second-order valence-electron chi connectivity index (χ2n) is 5.30. The SMILES string of the molecule is CC(c1ccco1)N(C)C(=O)CC1(O)CCCC1. The van der Waals surface area contributed by atoms with Crippen molar-refractivity contribution in [3.8, 4) is 0 Å². The lowest BCUT2D eigenvalue weighted by Crippen LogP contribution is -2.37. The van der Waals surface area contributed by atoms with Crippen LogP contribution in [0.25, 0.3) is 0 Å². The molecule has 0 aliphatic heterocycles. The summed E-state index contributed by atoms with van der Waals surface area (Å²) in [7, 11) is 1.76. The smallest absolute Gasteiger partial charge is 0.225 e. The van der Waals surface area contributed by atoms with Gasteiger partial charge in [-0.3, -0.25) is 4.79 Å². The lowest BCUT2D eigenvalue weighted by molar-refractivity contribution is -0.137. The fraction of sp³-hybridized carbons (Fsp3) is 0.643. The van der Waals surface area contributed by atoms with E-state index in [1.165, 1.54) is 0 Å². The molecule has 1 heterocycles. The zero-order chi connectivity index (χ0) is 13.2. The van der Waals surface area contributed by atoms with Gasteiger partial charge in [0.25, 0.3) is 0 Å². The van der Waals surface area contributed by atoms with Crippen molar-refractivity contribution in [3.63, 3.8) is 0 Å². The average molecular weight is 251 g/mol. The molecule has 1 fully saturated rings. The second kappa shape index (κ2) is 5.14. The van der Waals surface area contributed by atoms with Crippen molar-refractivity contribution in [1.29, 1.82) is 0 Å². The standard InChI is InChI=1S/C14H21NO3/c1-11(12-6-5-9-18-12)15(2)13(16)10-14(17)7-3-4-8-14/h5-6,9,11,17H,3-4,7-8,10H2,1-2H3. The Bertz CT molecular complexity index is 393. The summed E-state index contributed by atoms with van der Waals surface area (Å²) in [4.78, 5) is 13.8. The maximum atomic E-state index is 12.2. The minimum Gasteiger partial charge on any atom is -0.467 e. The molecule has 1 aromatic rings. The first-order valence-electron chi connectivity index (χ1n) is 6.53. The molecule has 100 valence electrons. The van der Waals surface area contributed by atoms with E-state index < -0.39 is 5.60 Å². The van der Waals surface area contributed by atoms with Crippen molar-refractivity contribution in [2.45, 2.75) is 50.7 Å². The van der Waals surface area contributed by atoms with Crippen molar-refractivity contribution in [1.82, 2.24) is 4.90 Å². The first kappa shape index (κ1) is 13.1. The lowest BCUT2D eigenvalue weighted by Gasteiger charge is -2.28. The van der Waals surface area contributed by atoms with E-state index in [2.05, 4.69) is 0 Å². The third-order valence-corrected chi connectivity index (χ3v) is 3.94. The highest BCUT2D eigenvalue weighted by atomic mass is 16.3. The van der Waals surface area contributed by atoms with Crippen molar-refractivity contribution < 1.29 is 14.3 Å². The largest absolute Gasteiger partial charge is 0.467 e. The Labute approximate surface area is 108 Å². The number of rotatable bonds is 4. The number of carbonyl (C=O) groups is 1. The zero-order valence-electron chi connectivity index (χ0n) is 11.1. The molecule has 1 saturated carbocycles. The number of hydrogen-bond acceptors (Lipinski definition) is 3. The minimum absolute atomic E-state index is 0.0247. The predicted molar refractivity (Wildman–Crippen MR) is 67.9 cm³/mol. The van der Waals surface area contributed by atoms with E-state index in [4.69, 9.17) is 4.42 Å². The summed E-state index contributed by atoms with van der Waals surface area (Å²) < 4.78 is 5.31. The van der Waals surface area contributed by atoms with Gasteiger partial charge in [0.2, 0.25) is 5.91 Å². The maximum absolute atomic E-state index is 12.2. The highest BCUT2D eigenvalue weighted by molar-refractivity contribution is 5.77. The van der Waals surface area contributed by atoms with Crippen LogP contribution in [-0.2, 0) is 4.79 Å². The number of furan rings is 1. The van der Waals surface area contributed by atoms with E-state index >= 15 is 0 Å². The molecule has 0 radical (unpaired) electrons. The highest BCUT2D eigenvalue weighted by Crippen LogP contribution is 2.33. The molecule has 18 heavy (non-hydrogen) atoms. The lowest BCUT2D eigenvalue weighted by atomic mass is 9.97. The van der Waals surface area contributed by atoms with Crippen molar-refractivity contribution in [3.05, 3.63) is 24.2 Å². The molecule has 0 aromatic carbocycles. The van der Waals surface area contributed by atoms with Crippen molar-refractivity contribution in [2.75, 3.05) is 7.05 Å². The van der Waals surface area contributed by atoms with Crippen LogP contribution in [0.3, 0.4) is 0 Å². The normalized spacial score (nSPS) is 19.7. The van der Waals surface area contributed by atoms with Crippen LogP contribution in [0.1, 0.15) is 50.8 Å². The van der Waals surface area contributed by atoms with E-state index in [0.29, 0.717) is 0 Å². The number of amides is 1. The van der Waals surface area contributed by atoms with Crippen LogP contribution in [-0.4, -0.2) is 28.6 Å². The summed E-state index contributed by atoms with van der Waals surface area (Å²) in [5.74, 6) is 0.743. The summed E-state index contributed by atoms with van der Waals surface area (Å²) in [5.41, 5.74) is -0.784. The molecule has 1 aliphatic rings. The molecule has 2 rings (SSSR count). The topological polar surface area (TPSA) is 53.7 Å². The van der Waals surface area contributed by atoms with E-state index in [0.717, 1.165) is 31.4 Å². The Morgan fingerprint density at radius 1 is 1.56 bits per heavy atom. The summed E-state index contributed by atoms with van der Waals surface area (Å²) in [6.45, 7) is 1.93. The van der Waals surface area contributed by atoms with Crippen LogP contribution in [0.15, 0.2) is 22.8 Å². The molecule has 1 unspecified atom stereocenters. The quantitative estimate of drug-likeness (QED) is 0.894. The van der Waals surface area contributed by atoms with Gasteiger partial charge in [-0.2, -0.15) is 0 Å². The van der Waals surface area contributed by atoms with Gasteiger partial charge in [-0.15, -0.1) is 0 Å². The monoisotopic (exact) mass is 251 g/mol. The van der Waals surface area contributed by atoms with E-state index in [1.807, 2.05) is 19.1 Å². The van der Waals surface area contributed by atoms with Crippen LogP contribution in [0.5, 0.6) is 0 Å². The Morgan fingerprint density at radius 3 is 2.78 bits per heavy atom. The van der Waals surface area contributed by atoms with E-state index in [1.54, 1.807) is 18.2 Å². The molecule has 4 nitrogen and oxygen atoms in total. The third kappa shape index (κ3) is 2.75. The van der Waals surface area contributed by atoms with Crippen LogP contribution in [0.4, 0.5) is 0 Å². The van der Waals surface area contributed by atoms with E-state index in [-0.39, 0.29) is 18.4 Å². The van der Waals surface area contributed by atoms with Gasteiger partial charge in [-0.05, 0) is 31.9 Å². The van der Waals surface area contributed by atoms with Gasteiger partial charge in [0.05, 0.1) is 24.3 Å². The molecule has 0 bridgehead atoms. The highest BCUT2D eigenvalue weighted by Gasteiger charge is 2.35. The minimum atomic E-state index is -0.784. The van der Waals surface area contributed by atoms with Gasteiger partial charge < -0.3 is 14.4 Å². The van der Waals surface area contributed by atoms with Crippen molar-refractivity contribution >= 4 is 5.91 Å². The molecule has 1 aliphatic carbocycles. The van der Waals surface area contributed by atoms with Crippen LogP contribution in [0.2, 0.25) is 0 Å². The first-order valence-corrected chi connectivity index (χ1v) is 6.53. The van der Waals surface area contributed by atoms with Gasteiger partial charge in [-0.25, -0.2) is 0 Å². The summed E-state index contributed by atoms with van der Waals surface area (Å²) in [6.07, 6.45) is 5.33. The summed E-state index contributed by atoms with van der Waals surface area (Å²) in [6, 6.07) is 3.57. The fourth-order valence-electron chi connectivity index (χ4n) is 2.55. The second-order valence-corrected chi connectivity index (χ2v) is 5.30. The Hall–Kier alpha value is -1.29. The molecular formula is C14H21NO3. The van der Waals surface area contributed by atoms with Crippen LogP contribution < -0.4 is 0 Å². The van der Waals surface area contributed by atoms with Crippen LogP contribution >= 0.6 is 0 Å². The van der Waals surface area contributed by atoms with Gasteiger partial charge in [0, 0.05) is 7.05 Å². The number of hydrogen-bond donors (Lipinski definition) is 1. The van der Waals surface area contributed by atoms with Gasteiger partial charge in [-0.1, -0.05) is 12.8 Å². The van der Waals surface area contributed by atoms with Crippen LogP contribution in [0, 0.1) is 0 Å². The molecule has 4 heteroatoms. The average Bonchev–Trinajstić information content (AvgIpc) is 2.98. The molecule has 0 spiro atoms. The van der Waals surface area contributed by atoms with Gasteiger partial charge in [0.15, 0.2) is 0 Å². The summed E-state index contributed by atoms with van der Waals surface area (Å²) in [5, 5.41) is 10.3. The summed E-state index contributed by atoms with van der Waals surface area (Å²) >= 11 is 0. The number of nitrogens with zero attached hydrogens (tertiary/aromatic N) is 1. The third-order valence-electron chi connectivity index (χ3n) is 3.94. The molecule has 1 atom stereocenters. The molecule has 1 amide bonds. The van der Waals surface area contributed by atoms with Gasteiger partial charge in [0.1, 0.15) is 5.76 Å². The Morgan fingerprint density at radius 2 is 2.22 bits per heavy atom. The molecule has 1 aromatic heterocycles. The van der Waals surface area contributed by atoms with Crippen molar-refractivity contribution in [2.24, 2.45) is 0 Å². The predicted octanol–water partition coefficient (Wildman–Crippen LogP) is 2.49. The Kier molecular flexibility index (Phi) is 3.76.